The molecule has 1 N–H and O–H groups in total. The van der Waals surface area contributed by atoms with Gasteiger partial charge in [-0.3, -0.25) is 4.72 Å². The van der Waals surface area contributed by atoms with Gasteiger partial charge in [-0.05, 0) is 69.3 Å². The van der Waals surface area contributed by atoms with Crippen LogP contribution in [0.4, 0.5) is 5.69 Å². The Labute approximate surface area is 169 Å². The first-order chi connectivity index (χ1) is 13.4. The Morgan fingerprint density at radius 3 is 2.79 bits per heavy atom. The molecule has 0 saturated heterocycles. The van der Waals surface area contributed by atoms with Gasteiger partial charge in [0, 0.05) is 11.6 Å². The second-order valence-electron chi connectivity index (χ2n) is 7.22. The minimum Gasteiger partial charge on any atom is -0.496 e. The Bertz CT molecular complexity index is 1120. The quantitative estimate of drug-likeness (QED) is 0.688. The molecule has 1 unspecified atom stereocenters. The normalized spacial score (nSPS) is 16.9. The van der Waals surface area contributed by atoms with Gasteiger partial charge in [-0.1, -0.05) is 0 Å². The summed E-state index contributed by atoms with van der Waals surface area (Å²) in [6.45, 7) is 0. The Morgan fingerprint density at radius 2 is 2.04 bits per heavy atom. The van der Waals surface area contributed by atoms with Crippen LogP contribution in [0, 0.1) is 0 Å². The Balaban J connectivity index is 1.72. The molecule has 8 heteroatoms. The molecule has 2 aromatic carbocycles. The molecule has 0 saturated carbocycles. The van der Waals surface area contributed by atoms with Crippen molar-refractivity contribution >= 4 is 37.3 Å². The van der Waals surface area contributed by atoms with Crippen LogP contribution in [0.3, 0.4) is 0 Å². The van der Waals surface area contributed by atoms with E-state index < -0.39 is 10.0 Å². The standard InChI is InChI=1S/C20H23N3O3S2/c1-23(2)14-5-6-15-16(11-14)18(26-3)8-9-20(15)28(24,25)22-13-4-7-17-19(10-13)27-12-21-17/h4,7-10,12,14,22H,5-6,11H2,1-3H3. The molecule has 0 amide bonds. The molecule has 148 valence electrons. The molecule has 1 atom stereocenters. The van der Waals surface area contributed by atoms with Crippen molar-refractivity contribution < 1.29 is 13.2 Å². The average molecular weight is 418 g/mol. The van der Waals surface area contributed by atoms with Crippen LogP contribution in [0.5, 0.6) is 5.75 Å². The lowest BCUT2D eigenvalue weighted by molar-refractivity contribution is 0.263. The third-order valence-corrected chi connectivity index (χ3v) is 7.59. The zero-order valence-corrected chi connectivity index (χ0v) is 17.7. The van der Waals surface area contributed by atoms with Gasteiger partial charge in [-0.2, -0.15) is 0 Å². The molecule has 28 heavy (non-hydrogen) atoms. The maximum atomic E-state index is 13.2. The highest BCUT2D eigenvalue weighted by atomic mass is 32.2. The van der Waals surface area contributed by atoms with E-state index >= 15 is 0 Å². The molecule has 0 bridgehead atoms. The summed E-state index contributed by atoms with van der Waals surface area (Å²) >= 11 is 1.49. The summed E-state index contributed by atoms with van der Waals surface area (Å²) in [5.41, 5.74) is 5.02. The number of ether oxygens (including phenoxy) is 1. The van der Waals surface area contributed by atoms with Gasteiger partial charge in [0.05, 0.1) is 33.4 Å². The van der Waals surface area contributed by atoms with E-state index in [4.69, 9.17) is 4.74 Å². The number of methoxy groups -OCH3 is 1. The van der Waals surface area contributed by atoms with Crippen LogP contribution in [0.25, 0.3) is 10.2 Å². The van der Waals surface area contributed by atoms with Gasteiger partial charge in [0.1, 0.15) is 5.75 Å². The fourth-order valence-corrected chi connectivity index (χ4v) is 5.87. The molecule has 4 rings (SSSR count). The summed E-state index contributed by atoms with van der Waals surface area (Å²) < 4.78 is 35.6. The first-order valence-electron chi connectivity index (χ1n) is 9.10. The molecule has 0 spiro atoms. The van der Waals surface area contributed by atoms with Crippen molar-refractivity contribution in [2.45, 2.75) is 30.2 Å². The second-order valence-corrected chi connectivity index (χ2v) is 9.76. The van der Waals surface area contributed by atoms with E-state index in [2.05, 4.69) is 28.7 Å². The number of nitrogens with zero attached hydrogens (tertiary/aromatic N) is 2. The van der Waals surface area contributed by atoms with E-state index in [1.807, 2.05) is 12.1 Å². The molecule has 6 nitrogen and oxygen atoms in total. The van der Waals surface area contributed by atoms with Crippen LogP contribution < -0.4 is 9.46 Å². The third-order valence-electron chi connectivity index (χ3n) is 5.34. The number of hydrogen-bond donors (Lipinski definition) is 1. The predicted molar refractivity (Wildman–Crippen MR) is 113 cm³/mol. The Hall–Kier alpha value is -2.16. The lowest BCUT2D eigenvalue weighted by Gasteiger charge is -2.31. The van der Waals surface area contributed by atoms with Crippen molar-refractivity contribution in [3.8, 4) is 5.75 Å². The first kappa shape index (κ1) is 19.2. The average Bonchev–Trinajstić information content (AvgIpc) is 3.13. The summed E-state index contributed by atoms with van der Waals surface area (Å²) in [6.07, 6.45) is 2.41. The van der Waals surface area contributed by atoms with Gasteiger partial charge in [-0.15, -0.1) is 11.3 Å². The number of fused-ring (bicyclic) bond motifs is 2. The number of rotatable bonds is 5. The van der Waals surface area contributed by atoms with Gasteiger partial charge >= 0.3 is 0 Å². The largest absolute Gasteiger partial charge is 0.496 e. The topological polar surface area (TPSA) is 71.5 Å². The number of benzene rings is 2. The van der Waals surface area contributed by atoms with E-state index in [0.29, 0.717) is 23.0 Å². The number of thiazole rings is 1. The maximum Gasteiger partial charge on any atom is 0.262 e. The number of hydrogen-bond acceptors (Lipinski definition) is 6. The Kier molecular flexibility index (Phi) is 5.03. The zero-order chi connectivity index (χ0) is 19.9. The molecule has 1 aliphatic carbocycles. The zero-order valence-electron chi connectivity index (χ0n) is 16.1. The summed E-state index contributed by atoms with van der Waals surface area (Å²) in [5.74, 6) is 0.756. The summed E-state index contributed by atoms with van der Waals surface area (Å²) in [7, 11) is 2.04. The van der Waals surface area contributed by atoms with E-state index in [1.165, 1.54) is 11.3 Å². The van der Waals surface area contributed by atoms with E-state index in [9.17, 15) is 8.42 Å². The highest BCUT2D eigenvalue weighted by Gasteiger charge is 2.29. The number of likely N-dealkylation sites (N-methyl/N-ethyl adjacent to an activating group) is 1. The number of aromatic nitrogens is 1. The molecule has 0 aliphatic heterocycles. The second kappa shape index (κ2) is 7.35. The van der Waals surface area contributed by atoms with E-state index in [-0.39, 0.29) is 0 Å². The SMILES string of the molecule is COc1ccc(S(=O)(=O)Nc2ccc3ncsc3c2)c2c1CC(N(C)C)CC2. The molecule has 0 radical (unpaired) electrons. The Morgan fingerprint density at radius 1 is 1.21 bits per heavy atom. The highest BCUT2D eigenvalue weighted by Crippen LogP contribution is 2.36. The van der Waals surface area contributed by atoms with E-state index in [0.717, 1.165) is 39.9 Å². The minimum absolute atomic E-state index is 0.338. The fourth-order valence-electron chi connectivity index (χ4n) is 3.81. The van der Waals surface area contributed by atoms with Crippen molar-refractivity contribution in [2.24, 2.45) is 0 Å². The van der Waals surface area contributed by atoms with Gasteiger partial charge in [0.15, 0.2) is 0 Å². The van der Waals surface area contributed by atoms with Gasteiger partial charge in [0.25, 0.3) is 10.0 Å². The fraction of sp³-hybridized carbons (Fsp3) is 0.350. The van der Waals surface area contributed by atoms with Gasteiger partial charge in [-0.25, -0.2) is 13.4 Å². The lowest BCUT2D eigenvalue weighted by atomic mass is 9.87. The summed E-state index contributed by atoms with van der Waals surface area (Å²) in [4.78, 5) is 6.76. The van der Waals surface area contributed by atoms with Crippen molar-refractivity contribution in [3.05, 3.63) is 47.0 Å². The summed E-state index contributed by atoms with van der Waals surface area (Å²) in [5, 5.41) is 0. The van der Waals surface area contributed by atoms with Crippen molar-refractivity contribution in [1.29, 1.82) is 0 Å². The van der Waals surface area contributed by atoms with Crippen molar-refractivity contribution in [3.63, 3.8) is 0 Å². The monoisotopic (exact) mass is 417 g/mol. The van der Waals surface area contributed by atoms with Crippen molar-refractivity contribution in [1.82, 2.24) is 9.88 Å². The van der Waals surface area contributed by atoms with Crippen LogP contribution in [-0.4, -0.2) is 45.5 Å². The molecular weight excluding hydrogens is 394 g/mol. The predicted octanol–water partition coefficient (Wildman–Crippen LogP) is 3.52. The molecule has 3 aromatic rings. The van der Waals surface area contributed by atoms with Crippen LogP contribution in [-0.2, 0) is 22.9 Å². The van der Waals surface area contributed by atoms with Gasteiger partial charge in [0.2, 0.25) is 0 Å². The van der Waals surface area contributed by atoms with Crippen molar-refractivity contribution in [2.75, 3.05) is 25.9 Å². The number of nitrogens with one attached hydrogen (secondary N) is 1. The van der Waals surface area contributed by atoms with Gasteiger partial charge < -0.3 is 9.64 Å². The van der Waals surface area contributed by atoms with Crippen LogP contribution >= 0.6 is 11.3 Å². The molecule has 1 heterocycles. The van der Waals surface area contributed by atoms with E-state index in [1.54, 1.807) is 30.8 Å². The maximum absolute atomic E-state index is 13.2. The number of sulfonamides is 1. The molecular formula is C20H23N3O3S2. The molecule has 0 fully saturated rings. The summed E-state index contributed by atoms with van der Waals surface area (Å²) in [6, 6.07) is 9.19. The number of anilines is 1. The third kappa shape index (κ3) is 3.47. The molecule has 1 aliphatic rings. The van der Waals surface area contributed by atoms with Crippen LogP contribution in [0.2, 0.25) is 0 Å². The first-order valence-corrected chi connectivity index (χ1v) is 11.5. The minimum atomic E-state index is -3.70. The lowest BCUT2D eigenvalue weighted by Crippen LogP contribution is -2.34. The van der Waals surface area contributed by atoms with Crippen LogP contribution in [0.1, 0.15) is 17.5 Å². The highest BCUT2D eigenvalue weighted by molar-refractivity contribution is 7.92. The smallest absolute Gasteiger partial charge is 0.262 e. The van der Waals surface area contributed by atoms with Crippen LogP contribution in [0.15, 0.2) is 40.7 Å². The molecule has 1 aromatic heterocycles.